The predicted octanol–water partition coefficient (Wildman–Crippen LogP) is 2.39. The largest absolute Gasteiger partial charge is 0.487 e. The molecule has 5 heteroatoms. The van der Waals surface area contributed by atoms with E-state index in [1.54, 1.807) is 18.3 Å². The molecule has 0 saturated carbocycles. The Hall–Kier alpha value is -2.40. The molecule has 1 fully saturated rings. The summed E-state index contributed by atoms with van der Waals surface area (Å²) < 4.78 is 5.65. The van der Waals surface area contributed by atoms with E-state index in [2.05, 4.69) is 4.98 Å². The fourth-order valence-electron chi connectivity index (χ4n) is 2.60. The number of carbonyl (C=O) groups is 1. The summed E-state index contributed by atoms with van der Waals surface area (Å²) >= 11 is 0. The van der Waals surface area contributed by atoms with Crippen LogP contribution in [0.2, 0.25) is 0 Å². The molecule has 0 bridgehead atoms. The quantitative estimate of drug-likeness (QED) is 0.921. The third-order valence-corrected chi connectivity index (χ3v) is 3.96. The van der Waals surface area contributed by atoms with Crippen LogP contribution in [0.15, 0.2) is 42.6 Å². The molecule has 0 spiro atoms. The van der Waals surface area contributed by atoms with E-state index in [0.29, 0.717) is 18.1 Å². The summed E-state index contributed by atoms with van der Waals surface area (Å²) in [6, 6.07) is 11.0. The molecule has 1 saturated heterocycles. The number of aliphatic hydroxyl groups excluding tert-OH is 1. The average molecular weight is 312 g/mol. The van der Waals surface area contributed by atoms with Crippen molar-refractivity contribution in [1.82, 2.24) is 9.88 Å². The fraction of sp³-hybridized carbons (Fsp3) is 0.333. The van der Waals surface area contributed by atoms with E-state index < -0.39 is 0 Å². The standard InChI is InChI=1S/C18H20N2O3/c21-12-16-7-8-17(11-19-16)23-13-14-3-5-15(6-4-14)18(22)20-9-1-2-10-20/h3-8,11,21H,1-2,9-10,12-13H2. The Labute approximate surface area is 135 Å². The number of likely N-dealkylation sites (tertiary alicyclic amines) is 1. The number of carbonyl (C=O) groups excluding carboxylic acids is 1. The summed E-state index contributed by atoms with van der Waals surface area (Å²) in [6.45, 7) is 2.06. The molecule has 0 unspecified atom stereocenters. The summed E-state index contributed by atoms with van der Waals surface area (Å²) in [5.74, 6) is 0.762. The van der Waals surface area contributed by atoms with E-state index in [1.165, 1.54) is 0 Å². The topological polar surface area (TPSA) is 62.7 Å². The average Bonchev–Trinajstić information content (AvgIpc) is 3.15. The highest BCUT2D eigenvalue weighted by molar-refractivity contribution is 5.94. The van der Waals surface area contributed by atoms with Gasteiger partial charge in [0.05, 0.1) is 18.5 Å². The molecule has 120 valence electrons. The molecule has 3 rings (SSSR count). The van der Waals surface area contributed by atoms with Gasteiger partial charge in [-0.15, -0.1) is 0 Å². The number of rotatable bonds is 5. The van der Waals surface area contributed by atoms with Crippen LogP contribution >= 0.6 is 0 Å². The minimum absolute atomic E-state index is 0.0766. The molecular formula is C18H20N2O3. The van der Waals surface area contributed by atoms with E-state index in [1.807, 2.05) is 29.2 Å². The van der Waals surface area contributed by atoms with Gasteiger partial charge in [-0.2, -0.15) is 0 Å². The molecule has 2 heterocycles. The molecule has 0 atom stereocenters. The molecule has 1 aliphatic heterocycles. The first-order valence-corrected chi connectivity index (χ1v) is 7.83. The van der Waals surface area contributed by atoms with Crippen molar-refractivity contribution in [3.63, 3.8) is 0 Å². The maximum Gasteiger partial charge on any atom is 0.253 e. The van der Waals surface area contributed by atoms with E-state index in [-0.39, 0.29) is 12.5 Å². The summed E-state index contributed by atoms with van der Waals surface area (Å²) in [6.07, 6.45) is 3.79. The van der Waals surface area contributed by atoms with Gasteiger partial charge in [-0.25, -0.2) is 0 Å². The lowest BCUT2D eigenvalue weighted by Gasteiger charge is -2.15. The zero-order chi connectivity index (χ0) is 16.1. The van der Waals surface area contributed by atoms with Crippen LogP contribution in [0.3, 0.4) is 0 Å². The predicted molar refractivity (Wildman–Crippen MR) is 86.1 cm³/mol. The zero-order valence-electron chi connectivity index (χ0n) is 12.9. The Balaban J connectivity index is 1.57. The van der Waals surface area contributed by atoms with Gasteiger partial charge in [0.25, 0.3) is 5.91 Å². The third kappa shape index (κ3) is 3.87. The number of pyridine rings is 1. The van der Waals surface area contributed by atoms with E-state index in [4.69, 9.17) is 9.84 Å². The van der Waals surface area contributed by atoms with Crippen molar-refractivity contribution in [2.75, 3.05) is 13.1 Å². The Bertz CT molecular complexity index is 647. The number of aliphatic hydroxyl groups is 1. The number of amides is 1. The molecule has 1 aromatic carbocycles. The van der Waals surface area contributed by atoms with Crippen LogP contribution < -0.4 is 4.74 Å². The number of ether oxygens (including phenoxy) is 1. The lowest BCUT2D eigenvalue weighted by atomic mass is 10.1. The van der Waals surface area contributed by atoms with Crippen molar-refractivity contribution in [3.05, 3.63) is 59.4 Å². The fourth-order valence-corrected chi connectivity index (χ4v) is 2.60. The molecule has 2 aromatic rings. The Kier molecular flexibility index (Phi) is 4.88. The molecular weight excluding hydrogens is 292 g/mol. The van der Waals surface area contributed by atoms with Crippen LogP contribution in [-0.2, 0) is 13.2 Å². The minimum Gasteiger partial charge on any atom is -0.487 e. The molecule has 1 aliphatic rings. The summed E-state index contributed by atoms with van der Waals surface area (Å²) in [5.41, 5.74) is 2.33. The number of nitrogens with zero attached hydrogens (tertiary/aromatic N) is 2. The van der Waals surface area contributed by atoms with Crippen LogP contribution in [0.1, 0.15) is 34.5 Å². The molecule has 5 nitrogen and oxygen atoms in total. The highest BCUT2D eigenvalue weighted by Gasteiger charge is 2.19. The van der Waals surface area contributed by atoms with Crippen LogP contribution in [0, 0.1) is 0 Å². The van der Waals surface area contributed by atoms with Crippen molar-refractivity contribution in [2.45, 2.75) is 26.1 Å². The third-order valence-electron chi connectivity index (χ3n) is 3.96. The number of aromatic nitrogens is 1. The SMILES string of the molecule is O=C(c1ccc(COc2ccc(CO)nc2)cc1)N1CCCC1. The van der Waals surface area contributed by atoms with Gasteiger partial charge in [-0.3, -0.25) is 9.78 Å². The second-order valence-corrected chi connectivity index (χ2v) is 5.63. The van der Waals surface area contributed by atoms with Gasteiger partial charge < -0.3 is 14.7 Å². The van der Waals surface area contributed by atoms with Gasteiger partial charge in [-0.05, 0) is 42.7 Å². The van der Waals surface area contributed by atoms with Crippen LogP contribution in [0.5, 0.6) is 5.75 Å². The van der Waals surface area contributed by atoms with E-state index >= 15 is 0 Å². The van der Waals surface area contributed by atoms with E-state index in [9.17, 15) is 4.79 Å². The monoisotopic (exact) mass is 312 g/mol. The van der Waals surface area contributed by atoms with Crippen molar-refractivity contribution in [3.8, 4) is 5.75 Å². The summed E-state index contributed by atoms with van der Waals surface area (Å²) in [4.78, 5) is 18.2. The molecule has 1 aromatic heterocycles. The van der Waals surface area contributed by atoms with Gasteiger partial charge >= 0.3 is 0 Å². The highest BCUT2D eigenvalue weighted by Crippen LogP contribution is 2.15. The van der Waals surface area contributed by atoms with Crippen molar-refractivity contribution < 1.29 is 14.6 Å². The lowest BCUT2D eigenvalue weighted by molar-refractivity contribution is 0.0793. The summed E-state index contributed by atoms with van der Waals surface area (Å²) in [5, 5.41) is 8.95. The van der Waals surface area contributed by atoms with Crippen LogP contribution in [0.4, 0.5) is 0 Å². The van der Waals surface area contributed by atoms with Gasteiger partial charge in [-0.1, -0.05) is 12.1 Å². The highest BCUT2D eigenvalue weighted by atomic mass is 16.5. The minimum atomic E-state index is -0.0766. The number of benzene rings is 1. The Morgan fingerprint density at radius 2 is 1.87 bits per heavy atom. The van der Waals surface area contributed by atoms with Crippen LogP contribution in [0.25, 0.3) is 0 Å². The van der Waals surface area contributed by atoms with Gasteiger partial charge in [0.1, 0.15) is 12.4 Å². The molecule has 1 N–H and O–H groups in total. The zero-order valence-corrected chi connectivity index (χ0v) is 12.9. The Morgan fingerprint density at radius 3 is 2.48 bits per heavy atom. The smallest absolute Gasteiger partial charge is 0.253 e. The summed E-state index contributed by atoms with van der Waals surface area (Å²) in [7, 11) is 0. The maximum absolute atomic E-state index is 12.3. The van der Waals surface area contributed by atoms with Gasteiger partial charge in [0, 0.05) is 18.7 Å². The van der Waals surface area contributed by atoms with Crippen LogP contribution in [-0.4, -0.2) is 34.0 Å². The van der Waals surface area contributed by atoms with Crippen molar-refractivity contribution in [2.24, 2.45) is 0 Å². The lowest BCUT2D eigenvalue weighted by Crippen LogP contribution is -2.27. The molecule has 23 heavy (non-hydrogen) atoms. The Morgan fingerprint density at radius 1 is 1.13 bits per heavy atom. The number of hydrogen-bond donors (Lipinski definition) is 1. The molecule has 0 aliphatic carbocycles. The molecule has 1 amide bonds. The van der Waals surface area contributed by atoms with E-state index in [0.717, 1.165) is 37.1 Å². The normalized spacial score (nSPS) is 14.0. The second kappa shape index (κ2) is 7.24. The van der Waals surface area contributed by atoms with Gasteiger partial charge in [0.15, 0.2) is 0 Å². The number of hydrogen-bond acceptors (Lipinski definition) is 4. The maximum atomic E-state index is 12.3. The first kappa shape index (κ1) is 15.5. The van der Waals surface area contributed by atoms with Crippen molar-refractivity contribution in [1.29, 1.82) is 0 Å². The first-order chi connectivity index (χ1) is 11.3. The van der Waals surface area contributed by atoms with Crippen molar-refractivity contribution >= 4 is 5.91 Å². The molecule has 0 radical (unpaired) electrons. The first-order valence-electron chi connectivity index (χ1n) is 7.83. The second-order valence-electron chi connectivity index (χ2n) is 5.63. The van der Waals surface area contributed by atoms with Gasteiger partial charge in [0.2, 0.25) is 0 Å².